The first-order valence-electron chi connectivity index (χ1n) is 11.4. The maximum absolute atomic E-state index is 11.8. The highest BCUT2D eigenvalue weighted by atomic mass is 16.3. The Bertz CT molecular complexity index is 563. The Morgan fingerprint density at radius 1 is 1.14 bits per heavy atom. The topological polar surface area (TPSA) is 77.8 Å². The Hall–Kier alpha value is -1.23. The summed E-state index contributed by atoms with van der Waals surface area (Å²) in [6.07, 6.45) is 17.5. The average Bonchev–Trinajstić information content (AvgIpc) is 2.97. The predicted molar refractivity (Wildman–Crippen MR) is 120 cm³/mol. The molecule has 0 aromatic rings. The normalized spacial score (nSPS) is 25.6. The van der Waals surface area contributed by atoms with Gasteiger partial charge in [0.2, 0.25) is 0 Å². The van der Waals surface area contributed by atoms with Crippen LogP contribution < -0.4 is 0 Å². The quantitative estimate of drug-likeness (QED) is 0.319. The van der Waals surface area contributed by atoms with Crippen molar-refractivity contribution in [2.24, 2.45) is 11.8 Å². The van der Waals surface area contributed by atoms with Crippen molar-refractivity contribution in [3.8, 4) is 0 Å². The lowest BCUT2D eigenvalue weighted by molar-refractivity contribution is -0.117. The number of Topliss-reactive ketones (excluding diaryl/α,β-unsaturated/α-hetero) is 1. The van der Waals surface area contributed by atoms with Crippen LogP contribution in [-0.4, -0.2) is 39.9 Å². The summed E-state index contributed by atoms with van der Waals surface area (Å²) in [5.41, 5.74) is 0.489. The molecule has 0 saturated heterocycles. The Kier molecular flexibility index (Phi) is 12.4. The van der Waals surface area contributed by atoms with Crippen LogP contribution in [0.3, 0.4) is 0 Å². The first kappa shape index (κ1) is 25.8. The summed E-state index contributed by atoms with van der Waals surface area (Å²) >= 11 is 0. The highest BCUT2D eigenvalue weighted by Gasteiger charge is 2.47. The molecule has 29 heavy (non-hydrogen) atoms. The molecule has 3 atom stereocenters. The van der Waals surface area contributed by atoms with Gasteiger partial charge in [-0.25, -0.2) is 0 Å². The van der Waals surface area contributed by atoms with Gasteiger partial charge in [-0.1, -0.05) is 57.3 Å². The third-order valence-corrected chi connectivity index (χ3v) is 6.13. The van der Waals surface area contributed by atoms with Crippen LogP contribution in [0.15, 0.2) is 36.0 Å². The van der Waals surface area contributed by atoms with Gasteiger partial charge in [0, 0.05) is 18.9 Å². The van der Waals surface area contributed by atoms with E-state index >= 15 is 0 Å². The number of allylic oxidation sites excluding steroid dienone is 2. The van der Waals surface area contributed by atoms with Gasteiger partial charge in [0.15, 0.2) is 5.78 Å². The van der Waals surface area contributed by atoms with E-state index in [-0.39, 0.29) is 30.8 Å². The zero-order chi connectivity index (χ0) is 21.7. The average molecular weight is 407 g/mol. The van der Waals surface area contributed by atoms with E-state index in [9.17, 15) is 15.0 Å². The van der Waals surface area contributed by atoms with Gasteiger partial charge >= 0.3 is 0 Å². The zero-order valence-electron chi connectivity index (χ0n) is 18.5. The number of ketones is 1. The fourth-order valence-electron chi connectivity index (χ4n) is 4.34. The Balaban J connectivity index is 0.000000359. The third kappa shape index (κ3) is 8.19. The molecule has 166 valence electrons. The van der Waals surface area contributed by atoms with E-state index in [1.165, 1.54) is 44.9 Å². The van der Waals surface area contributed by atoms with Crippen LogP contribution >= 0.6 is 0 Å². The summed E-state index contributed by atoms with van der Waals surface area (Å²) < 4.78 is 0. The highest BCUT2D eigenvalue weighted by Crippen LogP contribution is 2.47. The molecule has 4 nitrogen and oxygen atoms in total. The molecule has 0 fully saturated rings. The van der Waals surface area contributed by atoms with Crippen molar-refractivity contribution in [1.29, 1.82) is 0 Å². The Morgan fingerprint density at radius 3 is 2.45 bits per heavy atom. The second-order valence-electron chi connectivity index (χ2n) is 8.50. The Morgan fingerprint density at radius 2 is 1.83 bits per heavy atom. The van der Waals surface area contributed by atoms with Crippen LogP contribution in [-0.2, 0) is 4.79 Å². The first-order valence-corrected chi connectivity index (χ1v) is 11.4. The molecule has 0 amide bonds. The van der Waals surface area contributed by atoms with Crippen LogP contribution in [0.5, 0.6) is 0 Å². The first-order chi connectivity index (χ1) is 13.9. The van der Waals surface area contributed by atoms with Gasteiger partial charge in [0.1, 0.15) is 0 Å². The minimum Gasteiger partial charge on any atom is -0.396 e. The number of carbonyl (C=O) groups is 1. The summed E-state index contributed by atoms with van der Waals surface area (Å²) in [4.78, 5) is 11.8. The highest BCUT2D eigenvalue weighted by molar-refractivity contribution is 5.96. The van der Waals surface area contributed by atoms with Crippen LogP contribution in [0.25, 0.3) is 0 Å². The Labute approximate surface area is 177 Å². The number of aliphatic hydroxyl groups is 3. The van der Waals surface area contributed by atoms with Crippen molar-refractivity contribution >= 4 is 5.78 Å². The molecular formula is C25H42O4. The standard InChI is InChI=1S/C15H22O4.C10H20/c1-10-6-13-12(7-14(10)18)11(9-17)8-15(13,19)4-2-3-5-16;1-3-5-7-9-10-8-6-4-2/h6,8,12-13,16-17,19H,2-5,7,9H2,1H3;3H,1,4-10H2,2H3/t12-,13-,15?;/m1./s1. The van der Waals surface area contributed by atoms with E-state index in [2.05, 4.69) is 13.5 Å². The van der Waals surface area contributed by atoms with Crippen molar-refractivity contribution in [2.75, 3.05) is 13.2 Å². The van der Waals surface area contributed by atoms with Gasteiger partial charge in [-0.15, -0.1) is 6.58 Å². The van der Waals surface area contributed by atoms with Gasteiger partial charge < -0.3 is 15.3 Å². The molecule has 0 aromatic heterocycles. The van der Waals surface area contributed by atoms with Gasteiger partial charge in [-0.3, -0.25) is 4.79 Å². The molecule has 0 saturated carbocycles. The number of hydrogen-bond acceptors (Lipinski definition) is 4. The van der Waals surface area contributed by atoms with Gasteiger partial charge in [0.25, 0.3) is 0 Å². The number of hydrogen-bond donors (Lipinski definition) is 3. The molecule has 0 spiro atoms. The van der Waals surface area contributed by atoms with Crippen molar-refractivity contribution in [3.05, 3.63) is 36.0 Å². The second-order valence-corrected chi connectivity index (χ2v) is 8.50. The summed E-state index contributed by atoms with van der Waals surface area (Å²) in [5, 5.41) is 29.0. The van der Waals surface area contributed by atoms with Crippen LogP contribution in [0.1, 0.15) is 84.5 Å². The lowest BCUT2D eigenvalue weighted by Gasteiger charge is -2.34. The monoisotopic (exact) mass is 406 g/mol. The fourth-order valence-corrected chi connectivity index (χ4v) is 4.34. The summed E-state index contributed by atoms with van der Waals surface area (Å²) in [6.45, 7) is 7.74. The van der Waals surface area contributed by atoms with Gasteiger partial charge in [-0.2, -0.15) is 0 Å². The second kappa shape index (κ2) is 13.9. The number of aliphatic hydroxyl groups excluding tert-OH is 2. The summed E-state index contributed by atoms with van der Waals surface area (Å²) in [6, 6.07) is 0. The van der Waals surface area contributed by atoms with Crippen molar-refractivity contribution < 1.29 is 20.1 Å². The molecule has 0 bridgehead atoms. The molecule has 2 aliphatic rings. The molecule has 2 aliphatic carbocycles. The zero-order valence-corrected chi connectivity index (χ0v) is 18.5. The smallest absolute Gasteiger partial charge is 0.158 e. The van der Waals surface area contributed by atoms with Crippen LogP contribution in [0.4, 0.5) is 0 Å². The van der Waals surface area contributed by atoms with E-state index < -0.39 is 5.60 Å². The number of rotatable bonds is 12. The molecule has 0 radical (unpaired) electrons. The van der Waals surface area contributed by atoms with E-state index in [1.807, 2.05) is 12.2 Å². The summed E-state index contributed by atoms with van der Waals surface area (Å²) in [7, 11) is 0. The summed E-state index contributed by atoms with van der Waals surface area (Å²) in [5.74, 6) is -0.0911. The van der Waals surface area contributed by atoms with Gasteiger partial charge in [-0.05, 0) is 56.1 Å². The fraction of sp³-hybridized carbons (Fsp3) is 0.720. The molecule has 0 aromatic carbocycles. The van der Waals surface area contributed by atoms with Crippen molar-refractivity contribution in [2.45, 2.75) is 90.1 Å². The minimum absolute atomic E-state index is 0.0691. The molecule has 0 aliphatic heterocycles. The lowest BCUT2D eigenvalue weighted by atomic mass is 9.73. The molecule has 3 N–H and O–H groups in total. The maximum Gasteiger partial charge on any atom is 0.158 e. The predicted octanol–water partition coefficient (Wildman–Crippen LogP) is 4.89. The molecule has 1 unspecified atom stereocenters. The largest absolute Gasteiger partial charge is 0.396 e. The lowest BCUT2D eigenvalue weighted by Crippen LogP contribution is -2.37. The SMILES string of the molecule is C=CCCCCCCCC.CC1=C[C@@H]2[C@H](CC1=O)C(CO)=CC2(O)CCCCO. The van der Waals surface area contributed by atoms with E-state index in [1.54, 1.807) is 13.0 Å². The van der Waals surface area contributed by atoms with Crippen LogP contribution in [0, 0.1) is 11.8 Å². The molecule has 0 heterocycles. The van der Waals surface area contributed by atoms with Gasteiger partial charge in [0.05, 0.1) is 12.2 Å². The minimum atomic E-state index is -0.986. The number of carbonyl (C=O) groups excluding carboxylic acids is 1. The van der Waals surface area contributed by atoms with Crippen LogP contribution in [0.2, 0.25) is 0 Å². The molecular weight excluding hydrogens is 364 g/mol. The van der Waals surface area contributed by atoms with E-state index in [0.29, 0.717) is 24.8 Å². The van der Waals surface area contributed by atoms with Crippen molar-refractivity contribution in [3.63, 3.8) is 0 Å². The third-order valence-electron chi connectivity index (χ3n) is 6.13. The number of unbranched alkanes of at least 4 members (excludes halogenated alkanes) is 7. The molecule has 4 heteroatoms. The number of fused-ring (bicyclic) bond motifs is 1. The maximum atomic E-state index is 11.8. The van der Waals surface area contributed by atoms with E-state index in [4.69, 9.17) is 5.11 Å². The van der Waals surface area contributed by atoms with E-state index in [0.717, 1.165) is 12.0 Å². The molecule has 2 rings (SSSR count). The van der Waals surface area contributed by atoms with Crippen molar-refractivity contribution in [1.82, 2.24) is 0 Å².